The topological polar surface area (TPSA) is 32.3 Å². The van der Waals surface area contributed by atoms with Gasteiger partial charge in [-0.25, -0.2) is 8.78 Å². The van der Waals surface area contributed by atoms with Gasteiger partial charge in [0.2, 0.25) is 11.8 Å². The number of amides is 1. The minimum Gasteiger partial charge on any atom is -0.339 e. The molecule has 5 heteroatoms. The van der Waals surface area contributed by atoms with E-state index in [0.29, 0.717) is 25.9 Å². The van der Waals surface area contributed by atoms with Gasteiger partial charge in [0.25, 0.3) is 0 Å². The third-order valence-electron chi connectivity index (χ3n) is 3.94. The second-order valence-electron chi connectivity index (χ2n) is 5.84. The van der Waals surface area contributed by atoms with E-state index in [2.05, 4.69) is 5.32 Å². The molecule has 1 aliphatic carbocycles. The summed E-state index contributed by atoms with van der Waals surface area (Å²) >= 11 is 0. The monoisotopic (exact) mass is 260 g/mol. The Labute approximate surface area is 107 Å². The summed E-state index contributed by atoms with van der Waals surface area (Å²) in [5, 5.41) is 3.37. The maximum Gasteiger partial charge on any atom is 0.248 e. The van der Waals surface area contributed by atoms with Gasteiger partial charge in [-0.2, -0.15) is 0 Å². The number of hydrogen-bond donors (Lipinski definition) is 1. The van der Waals surface area contributed by atoms with Crippen LogP contribution in [0.1, 0.15) is 39.5 Å². The van der Waals surface area contributed by atoms with Crippen LogP contribution in [0.25, 0.3) is 0 Å². The van der Waals surface area contributed by atoms with Crippen molar-refractivity contribution in [3.8, 4) is 0 Å². The highest BCUT2D eigenvalue weighted by Crippen LogP contribution is 2.36. The molecule has 0 aromatic rings. The average Bonchev–Trinajstić information content (AvgIpc) is 2.27. The fraction of sp³-hybridized carbons (Fsp3) is 0.923. The molecule has 104 valence electrons. The first-order chi connectivity index (χ1) is 8.37. The zero-order valence-corrected chi connectivity index (χ0v) is 11.1. The Morgan fingerprint density at radius 1 is 1.17 bits per heavy atom. The lowest BCUT2D eigenvalue weighted by Crippen LogP contribution is -2.57. The molecule has 2 fully saturated rings. The Balaban J connectivity index is 1.91. The summed E-state index contributed by atoms with van der Waals surface area (Å²) in [5.74, 6) is -2.67. The van der Waals surface area contributed by atoms with Crippen LogP contribution in [-0.2, 0) is 4.79 Å². The first-order valence-electron chi connectivity index (χ1n) is 6.80. The molecule has 1 saturated carbocycles. The van der Waals surface area contributed by atoms with E-state index in [4.69, 9.17) is 0 Å². The lowest BCUT2D eigenvalue weighted by molar-refractivity contribution is -0.141. The molecule has 2 rings (SSSR count). The molecule has 1 heterocycles. The zero-order valence-electron chi connectivity index (χ0n) is 11.1. The van der Waals surface area contributed by atoms with Crippen LogP contribution in [0.4, 0.5) is 8.78 Å². The molecule has 3 nitrogen and oxygen atoms in total. The van der Waals surface area contributed by atoms with E-state index in [-0.39, 0.29) is 36.8 Å². The summed E-state index contributed by atoms with van der Waals surface area (Å²) < 4.78 is 26.1. The van der Waals surface area contributed by atoms with Crippen LogP contribution in [0.2, 0.25) is 0 Å². The van der Waals surface area contributed by atoms with Crippen LogP contribution in [0.15, 0.2) is 0 Å². The summed E-state index contributed by atoms with van der Waals surface area (Å²) in [4.78, 5) is 14.2. The number of alkyl halides is 2. The molecule has 2 unspecified atom stereocenters. The molecule has 2 aliphatic rings. The fourth-order valence-electron chi connectivity index (χ4n) is 3.05. The summed E-state index contributed by atoms with van der Waals surface area (Å²) in [6, 6.07) is 0.561. The quantitative estimate of drug-likeness (QED) is 0.782. The van der Waals surface area contributed by atoms with E-state index in [1.165, 1.54) is 0 Å². The van der Waals surface area contributed by atoms with Gasteiger partial charge >= 0.3 is 0 Å². The van der Waals surface area contributed by atoms with E-state index in [1.54, 1.807) is 0 Å². The summed E-state index contributed by atoms with van der Waals surface area (Å²) in [6.07, 6.45) is 0.387. The molecule has 0 aromatic carbocycles. The number of nitrogens with zero attached hydrogens (tertiary/aromatic N) is 1. The Morgan fingerprint density at radius 3 is 2.17 bits per heavy atom. The van der Waals surface area contributed by atoms with Crippen LogP contribution in [0.3, 0.4) is 0 Å². The molecule has 1 aliphatic heterocycles. The number of carbonyl (C=O) groups is 1. The minimum absolute atomic E-state index is 0.0747. The van der Waals surface area contributed by atoms with E-state index in [9.17, 15) is 13.6 Å². The van der Waals surface area contributed by atoms with E-state index < -0.39 is 5.92 Å². The van der Waals surface area contributed by atoms with Crippen LogP contribution in [0.5, 0.6) is 0 Å². The van der Waals surface area contributed by atoms with Crippen molar-refractivity contribution in [1.29, 1.82) is 0 Å². The highest BCUT2D eigenvalue weighted by Gasteiger charge is 2.39. The molecule has 0 spiro atoms. The normalized spacial score (nSPS) is 33.4. The molecule has 2 atom stereocenters. The number of hydrogen-bond acceptors (Lipinski definition) is 2. The highest BCUT2D eigenvalue weighted by atomic mass is 19.3. The van der Waals surface area contributed by atoms with Crippen molar-refractivity contribution in [3.05, 3.63) is 0 Å². The largest absolute Gasteiger partial charge is 0.339 e. The molecule has 0 bridgehead atoms. The predicted molar refractivity (Wildman–Crippen MR) is 65.5 cm³/mol. The third-order valence-corrected chi connectivity index (χ3v) is 3.94. The number of nitrogens with one attached hydrogen (secondary N) is 1. The van der Waals surface area contributed by atoms with E-state index >= 15 is 0 Å². The lowest BCUT2D eigenvalue weighted by Gasteiger charge is -2.39. The number of rotatable bonds is 1. The van der Waals surface area contributed by atoms with Crippen LogP contribution >= 0.6 is 0 Å². The Bertz CT molecular complexity index is 302. The smallest absolute Gasteiger partial charge is 0.248 e. The van der Waals surface area contributed by atoms with Crippen molar-refractivity contribution in [2.75, 3.05) is 13.1 Å². The molecule has 0 radical (unpaired) electrons. The Morgan fingerprint density at radius 2 is 1.67 bits per heavy atom. The summed E-state index contributed by atoms with van der Waals surface area (Å²) in [7, 11) is 0. The van der Waals surface area contributed by atoms with Gasteiger partial charge < -0.3 is 10.2 Å². The second kappa shape index (κ2) is 5.11. The Hall–Kier alpha value is -0.710. The molecular weight excluding hydrogens is 238 g/mol. The second-order valence-corrected chi connectivity index (χ2v) is 5.84. The van der Waals surface area contributed by atoms with Gasteiger partial charge in [-0.05, 0) is 26.7 Å². The first kappa shape index (κ1) is 13.7. The SMILES string of the molecule is CC1CN(C(=O)C2CCC(F)(F)CC2)CC(C)N1. The standard InChI is InChI=1S/C13H22F2N2O/c1-9-7-17(8-10(2)16-9)12(18)11-3-5-13(14,15)6-4-11/h9-11,16H,3-8H2,1-2H3. The zero-order chi connectivity index (χ0) is 13.3. The predicted octanol–water partition coefficient (Wildman–Crippen LogP) is 2.02. The number of piperazine rings is 1. The minimum atomic E-state index is -2.55. The van der Waals surface area contributed by atoms with Crippen molar-refractivity contribution in [2.24, 2.45) is 5.92 Å². The molecule has 1 saturated heterocycles. The number of carbonyl (C=O) groups excluding carboxylic acids is 1. The van der Waals surface area contributed by atoms with E-state index in [1.807, 2.05) is 18.7 Å². The maximum atomic E-state index is 13.1. The summed E-state index contributed by atoms with van der Waals surface area (Å²) in [5.41, 5.74) is 0. The third kappa shape index (κ3) is 3.19. The molecular formula is C13H22F2N2O. The van der Waals surface area contributed by atoms with Gasteiger partial charge in [-0.3, -0.25) is 4.79 Å². The number of halogens is 2. The lowest BCUT2D eigenvalue weighted by atomic mass is 9.85. The van der Waals surface area contributed by atoms with Crippen LogP contribution in [-0.4, -0.2) is 41.9 Å². The van der Waals surface area contributed by atoms with Crippen molar-refractivity contribution in [1.82, 2.24) is 10.2 Å². The van der Waals surface area contributed by atoms with E-state index in [0.717, 1.165) is 0 Å². The molecule has 0 aromatic heterocycles. The first-order valence-corrected chi connectivity index (χ1v) is 6.80. The van der Waals surface area contributed by atoms with Crippen LogP contribution in [0, 0.1) is 5.92 Å². The highest BCUT2D eigenvalue weighted by molar-refractivity contribution is 5.79. The molecule has 1 N–H and O–H groups in total. The Kier molecular flexibility index (Phi) is 3.90. The van der Waals surface area contributed by atoms with Gasteiger partial charge in [0.1, 0.15) is 0 Å². The van der Waals surface area contributed by atoms with Gasteiger partial charge in [-0.1, -0.05) is 0 Å². The van der Waals surface area contributed by atoms with Crippen molar-refractivity contribution in [3.63, 3.8) is 0 Å². The van der Waals surface area contributed by atoms with Gasteiger partial charge in [0, 0.05) is 43.9 Å². The van der Waals surface area contributed by atoms with Crippen LogP contribution < -0.4 is 5.32 Å². The maximum absolute atomic E-state index is 13.1. The van der Waals surface area contributed by atoms with Crippen molar-refractivity contribution < 1.29 is 13.6 Å². The molecule has 18 heavy (non-hydrogen) atoms. The average molecular weight is 260 g/mol. The molecule has 1 amide bonds. The van der Waals surface area contributed by atoms with Gasteiger partial charge in [-0.15, -0.1) is 0 Å². The van der Waals surface area contributed by atoms with Crippen molar-refractivity contribution in [2.45, 2.75) is 57.5 Å². The van der Waals surface area contributed by atoms with Gasteiger partial charge in [0.15, 0.2) is 0 Å². The van der Waals surface area contributed by atoms with Crippen molar-refractivity contribution >= 4 is 5.91 Å². The van der Waals surface area contributed by atoms with Gasteiger partial charge in [0.05, 0.1) is 0 Å². The summed E-state index contributed by atoms with van der Waals surface area (Å²) in [6.45, 7) is 5.47. The fourth-order valence-corrected chi connectivity index (χ4v) is 3.05.